The van der Waals surface area contributed by atoms with Crippen LogP contribution in [-0.2, 0) is 20.9 Å². The first-order valence-electron chi connectivity index (χ1n) is 13.2. The molecule has 0 N–H and O–H groups in total. The molecule has 0 radical (unpaired) electrons. The van der Waals surface area contributed by atoms with Gasteiger partial charge in [0, 0.05) is 0 Å². The second kappa shape index (κ2) is 12.1. The molecule has 6 rings (SSSR count). The fourth-order valence-corrected chi connectivity index (χ4v) is 27.9. The van der Waals surface area contributed by atoms with Gasteiger partial charge in [-0.1, -0.05) is 0 Å². The van der Waals surface area contributed by atoms with Crippen molar-refractivity contribution in [1.29, 1.82) is 0 Å². The zero-order valence-corrected chi connectivity index (χ0v) is 27.5. The van der Waals surface area contributed by atoms with Crippen molar-refractivity contribution < 1.29 is 45.7 Å². The van der Waals surface area contributed by atoms with Crippen LogP contribution in [-0.4, -0.2) is 5.92 Å². The number of benzene rings is 4. The molecule has 2 unspecified atom stereocenters. The quantitative estimate of drug-likeness (QED) is 0.297. The maximum Gasteiger partial charge on any atom is -1.00 e. The zero-order valence-electron chi connectivity index (χ0n) is 22.4. The molecular formula is C34H33Cl2SiZr. The number of hydrogen-bond acceptors (Lipinski definition) is 0. The predicted molar refractivity (Wildman–Crippen MR) is 155 cm³/mol. The van der Waals surface area contributed by atoms with E-state index in [9.17, 15) is 0 Å². The van der Waals surface area contributed by atoms with Crippen molar-refractivity contribution in [2.45, 2.75) is 34.2 Å². The summed E-state index contributed by atoms with van der Waals surface area (Å²) in [4.78, 5) is 0. The number of hydrogen-bond donors (Lipinski definition) is 0. The Labute approximate surface area is 249 Å². The molecule has 191 valence electrons. The summed E-state index contributed by atoms with van der Waals surface area (Å²) in [5.74, 6) is -0.835. The van der Waals surface area contributed by atoms with Crippen molar-refractivity contribution in [3.63, 3.8) is 0 Å². The summed E-state index contributed by atoms with van der Waals surface area (Å²) in [6.07, 6.45) is 5.36. The summed E-state index contributed by atoms with van der Waals surface area (Å²) in [5, 5.41) is 0. The molecule has 0 aromatic heterocycles. The van der Waals surface area contributed by atoms with Gasteiger partial charge in [0.2, 0.25) is 0 Å². The van der Waals surface area contributed by atoms with Crippen molar-refractivity contribution in [3.05, 3.63) is 131 Å². The molecule has 2 aliphatic rings. The minimum absolute atomic E-state index is 0. The summed E-state index contributed by atoms with van der Waals surface area (Å²) in [6.45, 7) is 9.98. The summed E-state index contributed by atoms with van der Waals surface area (Å²) in [7, 11) is 0. The van der Waals surface area contributed by atoms with Gasteiger partial charge in [0.25, 0.3) is 0 Å². The van der Waals surface area contributed by atoms with Crippen LogP contribution in [0.15, 0.2) is 109 Å². The van der Waals surface area contributed by atoms with E-state index in [1.165, 1.54) is 44.5 Å². The molecule has 0 bridgehead atoms. The minimum atomic E-state index is -1.97. The van der Waals surface area contributed by atoms with Gasteiger partial charge in [0.1, 0.15) is 0 Å². The van der Waals surface area contributed by atoms with Crippen molar-refractivity contribution >= 4 is 17.1 Å². The molecule has 0 spiro atoms. The van der Waals surface area contributed by atoms with Crippen molar-refractivity contribution in [2.75, 3.05) is 0 Å². The SMILES string of the molecule is CC1=C[CH]([Zr+2]([CH]2C=C(C)c3c(-c4ccccc4)cccc32)[SiH](C)C)c2cccc(-c3ccccc3)c21.[Cl-].[Cl-]. The van der Waals surface area contributed by atoms with E-state index in [1.807, 2.05) is 0 Å². The number of rotatable bonds is 5. The second-order valence-electron chi connectivity index (χ2n) is 10.6. The first-order chi connectivity index (χ1) is 17.5. The fourth-order valence-electron chi connectivity index (χ4n) is 6.56. The molecule has 0 saturated carbocycles. The van der Waals surface area contributed by atoms with Crippen LogP contribution in [0.4, 0.5) is 0 Å². The third kappa shape index (κ3) is 5.02. The topological polar surface area (TPSA) is 0 Å². The molecule has 2 aliphatic carbocycles. The molecule has 0 amide bonds. The van der Waals surface area contributed by atoms with Crippen LogP contribution >= 0.6 is 0 Å². The Morgan fingerprint density at radius 1 is 0.526 bits per heavy atom. The van der Waals surface area contributed by atoms with E-state index in [2.05, 4.69) is 136 Å². The van der Waals surface area contributed by atoms with E-state index in [0.29, 0.717) is 7.25 Å². The Hall–Kier alpha value is -1.96. The molecule has 0 aliphatic heterocycles. The van der Waals surface area contributed by atoms with Crippen molar-refractivity contribution in [2.24, 2.45) is 0 Å². The average molecular weight is 632 g/mol. The van der Waals surface area contributed by atoms with Gasteiger partial charge in [-0.2, -0.15) is 0 Å². The Bertz CT molecular complexity index is 1380. The zero-order chi connectivity index (χ0) is 24.8. The molecule has 4 aromatic rings. The molecule has 0 nitrogen and oxygen atoms in total. The van der Waals surface area contributed by atoms with Crippen molar-refractivity contribution in [1.82, 2.24) is 0 Å². The molecule has 0 saturated heterocycles. The van der Waals surface area contributed by atoms with Gasteiger partial charge < -0.3 is 24.8 Å². The summed E-state index contributed by atoms with van der Waals surface area (Å²) >= 11 is -1.97. The Morgan fingerprint density at radius 2 is 0.921 bits per heavy atom. The van der Waals surface area contributed by atoms with Crippen LogP contribution in [0, 0.1) is 0 Å². The van der Waals surface area contributed by atoms with Gasteiger partial charge in [-0.05, 0) is 0 Å². The second-order valence-corrected chi connectivity index (χ2v) is 30.9. The average Bonchev–Trinajstić information content (AvgIpc) is 3.42. The van der Waals surface area contributed by atoms with Gasteiger partial charge in [0.05, 0.1) is 0 Å². The van der Waals surface area contributed by atoms with E-state index in [1.54, 1.807) is 11.1 Å². The van der Waals surface area contributed by atoms with Crippen LogP contribution in [0.1, 0.15) is 43.4 Å². The van der Waals surface area contributed by atoms with Crippen LogP contribution in [0.2, 0.25) is 13.1 Å². The third-order valence-electron chi connectivity index (χ3n) is 8.04. The van der Waals surface area contributed by atoms with Gasteiger partial charge in [-0.3, -0.25) is 0 Å². The number of halogens is 2. The smallest absolute Gasteiger partial charge is 1.00 e. The first kappa shape index (κ1) is 29.0. The van der Waals surface area contributed by atoms with E-state index in [0.717, 1.165) is 0 Å². The number of fused-ring (bicyclic) bond motifs is 2. The molecule has 4 aromatic carbocycles. The van der Waals surface area contributed by atoms with Gasteiger partial charge >= 0.3 is 226 Å². The molecule has 4 heteroatoms. The van der Waals surface area contributed by atoms with Crippen molar-refractivity contribution in [3.8, 4) is 22.3 Å². The molecular weight excluding hydrogens is 599 g/mol. The Kier molecular flexibility index (Phi) is 9.21. The molecule has 0 fully saturated rings. The molecule has 2 atom stereocenters. The van der Waals surface area contributed by atoms with E-state index in [4.69, 9.17) is 0 Å². The Balaban J connectivity index is 0.00000168. The maximum atomic E-state index is 2.68. The number of allylic oxidation sites excluding steroid dienone is 4. The summed E-state index contributed by atoms with van der Waals surface area (Å²) in [5.41, 5.74) is 14.7. The summed E-state index contributed by atoms with van der Waals surface area (Å²) in [6, 6.07) is 36.1. The minimum Gasteiger partial charge on any atom is -1.00 e. The first-order valence-corrected chi connectivity index (χ1v) is 23.1. The van der Waals surface area contributed by atoms with Crippen LogP contribution in [0.5, 0.6) is 0 Å². The third-order valence-corrected chi connectivity index (χ3v) is 29.3. The van der Waals surface area contributed by atoms with Gasteiger partial charge in [-0.15, -0.1) is 0 Å². The molecule has 38 heavy (non-hydrogen) atoms. The standard InChI is InChI=1S/2C16H13.C2H7Si.2ClH.Zr/c2*1-12-10-11-14-8-5-9-15(16(12)14)13-6-3-2-4-7-13;1-3-2;;;/h2*2-11H,1H3;3H,1-2H3;2*1H;/q;;;;;+2/p-2. The normalized spacial score (nSPS) is 17.1. The van der Waals surface area contributed by atoms with Gasteiger partial charge in [-0.25, -0.2) is 0 Å². The van der Waals surface area contributed by atoms with Crippen LogP contribution < -0.4 is 24.8 Å². The van der Waals surface area contributed by atoms with Crippen LogP contribution in [0.3, 0.4) is 0 Å². The van der Waals surface area contributed by atoms with E-state index >= 15 is 0 Å². The van der Waals surface area contributed by atoms with E-state index in [-0.39, 0.29) is 24.8 Å². The fraction of sp³-hybridized carbons (Fsp3) is 0.176. The van der Waals surface area contributed by atoms with Gasteiger partial charge in [0.15, 0.2) is 0 Å². The predicted octanol–water partition coefficient (Wildman–Crippen LogP) is 3.25. The van der Waals surface area contributed by atoms with E-state index < -0.39 is 26.8 Å². The Morgan fingerprint density at radius 3 is 1.29 bits per heavy atom. The monoisotopic (exact) mass is 629 g/mol. The largest absolute Gasteiger partial charge is 1.00 e. The molecule has 0 heterocycles. The van der Waals surface area contributed by atoms with Crippen LogP contribution in [0.25, 0.3) is 33.4 Å². The summed E-state index contributed by atoms with van der Waals surface area (Å²) < 4.78 is 1.33. The maximum absolute atomic E-state index is 2.68.